The summed E-state index contributed by atoms with van der Waals surface area (Å²) in [6.07, 6.45) is 2.87. The predicted molar refractivity (Wildman–Crippen MR) is 60.4 cm³/mol. The molecule has 0 aromatic rings. The number of methoxy groups -OCH3 is 1. The summed E-state index contributed by atoms with van der Waals surface area (Å²) >= 11 is 0. The highest BCUT2D eigenvalue weighted by atomic mass is 16.5. The standard InChI is InChI=1S/C12H25NO/c1-6-9(2)8-13-10-7-11(14-5)12(10,3)4/h9-11,13H,6-8H2,1-5H3. The van der Waals surface area contributed by atoms with Crippen molar-refractivity contribution in [3.8, 4) is 0 Å². The Kier molecular flexibility index (Phi) is 3.96. The molecular weight excluding hydrogens is 174 g/mol. The number of hydrogen-bond donors (Lipinski definition) is 1. The van der Waals surface area contributed by atoms with Gasteiger partial charge in [0.15, 0.2) is 0 Å². The van der Waals surface area contributed by atoms with Crippen molar-refractivity contribution in [1.29, 1.82) is 0 Å². The quantitative estimate of drug-likeness (QED) is 0.734. The summed E-state index contributed by atoms with van der Waals surface area (Å²) in [5, 5.41) is 3.64. The molecule has 3 atom stereocenters. The first-order valence-electron chi connectivity index (χ1n) is 5.78. The molecule has 1 saturated carbocycles. The van der Waals surface area contributed by atoms with Gasteiger partial charge in [0.25, 0.3) is 0 Å². The number of rotatable bonds is 5. The van der Waals surface area contributed by atoms with E-state index in [4.69, 9.17) is 4.74 Å². The summed E-state index contributed by atoms with van der Waals surface area (Å²) in [7, 11) is 1.82. The molecule has 1 fully saturated rings. The summed E-state index contributed by atoms with van der Waals surface area (Å²) in [5.74, 6) is 0.785. The van der Waals surface area contributed by atoms with Gasteiger partial charge in [0, 0.05) is 18.6 Å². The Morgan fingerprint density at radius 1 is 1.50 bits per heavy atom. The zero-order valence-electron chi connectivity index (χ0n) is 10.3. The molecular formula is C12H25NO. The molecule has 0 bridgehead atoms. The van der Waals surface area contributed by atoms with E-state index in [-0.39, 0.29) is 0 Å². The second kappa shape index (κ2) is 4.63. The summed E-state index contributed by atoms with van der Waals surface area (Å²) in [5.41, 5.74) is 0.308. The Balaban J connectivity index is 2.28. The SMILES string of the molecule is CCC(C)CNC1CC(OC)C1(C)C. The number of ether oxygens (including phenoxy) is 1. The molecule has 1 aliphatic rings. The van der Waals surface area contributed by atoms with E-state index < -0.39 is 0 Å². The Morgan fingerprint density at radius 2 is 2.14 bits per heavy atom. The van der Waals surface area contributed by atoms with E-state index in [0.717, 1.165) is 12.5 Å². The lowest BCUT2D eigenvalue weighted by molar-refractivity contribution is -0.0979. The molecule has 0 aromatic heterocycles. The fraction of sp³-hybridized carbons (Fsp3) is 1.00. The Morgan fingerprint density at radius 3 is 2.57 bits per heavy atom. The molecule has 0 aromatic carbocycles. The van der Waals surface area contributed by atoms with Crippen LogP contribution >= 0.6 is 0 Å². The highest BCUT2D eigenvalue weighted by Crippen LogP contribution is 2.42. The molecule has 0 radical (unpaired) electrons. The second-order valence-electron chi connectivity index (χ2n) is 5.26. The van der Waals surface area contributed by atoms with Gasteiger partial charge in [-0.05, 0) is 18.9 Å². The van der Waals surface area contributed by atoms with Crippen LogP contribution in [0.4, 0.5) is 0 Å². The van der Waals surface area contributed by atoms with Crippen LogP contribution in [0, 0.1) is 11.3 Å². The van der Waals surface area contributed by atoms with Gasteiger partial charge in [-0.3, -0.25) is 0 Å². The topological polar surface area (TPSA) is 21.3 Å². The lowest BCUT2D eigenvalue weighted by Crippen LogP contribution is -2.61. The monoisotopic (exact) mass is 199 g/mol. The molecule has 0 spiro atoms. The minimum Gasteiger partial charge on any atom is -0.381 e. The third kappa shape index (κ3) is 2.29. The molecule has 3 unspecified atom stereocenters. The van der Waals surface area contributed by atoms with Gasteiger partial charge in [0.1, 0.15) is 0 Å². The third-order valence-corrected chi connectivity index (χ3v) is 3.87. The van der Waals surface area contributed by atoms with E-state index in [1.165, 1.54) is 12.8 Å². The highest BCUT2D eigenvalue weighted by molar-refractivity contribution is 5.02. The molecule has 0 heterocycles. The average Bonchev–Trinajstić information content (AvgIpc) is 2.16. The van der Waals surface area contributed by atoms with Crippen LogP contribution in [0.1, 0.15) is 40.5 Å². The van der Waals surface area contributed by atoms with Crippen molar-refractivity contribution >= 4 is 0 Å². The van der Waals surface area contributed by atoms with Gasteiger partial charge >= 0.3 is 0 Å². The molecule has 14 heavy (non-hydrogen) atoms. The predicted octanol–water partition coefficient (Wildman–Crippen LogP) is 2.44. The van der Waals surface area contributed by atoms with Crippen molar-refractivity contribution in [2.75, 3.05) is 13.7 Å². The van der Waals surface area contributed by atoms with Gasteiger partial charge in [0.2, 0.25) is 0 Å². The van der Waals surface area contributed by atoms with Gasteiger partial charge in [0.05, 0.1) is 6.10 Å². The van der Waals surface area contributed by atoms with E-state index in [0.29, 0.717) is 17.6 Å². The van der Waals surface area contributed by atoms with Crippen molar-refractivity contribution in [3.05, 3.63) is 0 Å². The van der Waals surface area contributed by atoms with Gasteiger partial charge < -0.3 is 10.1 Å². The van der Waals surface area contributed by atoms with Crippen LogP contribution < -0.4 is 5.32 Å². The Bertz CT molecular complexity index is 179. The van der Waals surface area contributed by atoms with Crippen molar-refractivity contribution < 1.29 is 4.74 Å². The van der Waals surface area contributed by atoms with E-state index in [2.05, 4.69) is 33.0 Å². The van der Waals surface area contributed by atoms with Crippen molar-refractivity contribution in [2.45, 2.75) is 52.7 Å². The van der Waals surface area contributed by atoms with E-state index in [1.54, 1.807) is 0 Å². The summed E-state index contributed by atoms with van der Waals surface area (Å²) < 4.78 is 5.42. The maximum atomic E-state index is 5.42. The smallest absolute Gasteiger partial charge is 0.0652 e. The van der Waals surface area contributed by atoms with E-state index in [1.807, 2.05) is 7.11 Å². The average molecular weight is 199 g/mol. The highest BCUT2D eigenvalue weighted by Gasteiger charge is 2.48. The van der Waals surface area contributed by atoms with E-state index >= 15 is 0 Å². The van der Waals surface area contributed by atoms with Gasteiger partial charge in [-0.25, -0.2) is 0 Å². The zero-order chi connectivity index (χ0) is 10.8. The van der Waals surface area contributed by atoms with Crippen LogP contribution in [0.2, 0.25) is 0 Å². The minimum atomic E-state index is 0.308. The van der Waals surface area contributed by atoms with Crippen molar-refractivity contribution in [1.82, 2.24) is 5.32 Å². The summed E-state index contributed by atoms with van der Waals surface area (Å²) in [6, 6.07) is 0.640. The Hall–Kier alpha value is -0.0800. The van der Waals surface area contributed by atoms with Crippen LogP contribution in [0.3, 0.4) is 0 Å². The first-order valence-corrected chi connectivity index (χ1v) is 5.78. The first kappa shape index (κ1) is 12.0. The third-order valence-electron chi connectivity index (χ3n) is 3.87. The number of nitrogens with one attached hydrogen (secondary N) is 1. The Labute approximate surface area is 88.4 Å². The fourth-order valence-electron chi connectivity index (χ4n) is 2.12. The van der Waals surface area contributed by atoms with Crippen LogP contribution in [0.15, 0.2) is 0 Å². The van der Waals surface area contributed by atoms with Crippen molar-refractivity contribution in [2.24, 2.45) is 11.3 Å². The van der Waals surface area contributed by atoms with E-state index in [9.17, 15) is 0 Å². The fourth-order valence-corrected chi connectivity index (χ4v) is 2.12. The second-order valence-corrected chi connectivity index (χ2v) is 5.26. The van der Waals surface area contributed by atoms with Crippen LogP contribution in [0.5, 0.6) is 0 Å². The van der Waals surface area contributed by atoms with Crippen LogP contribution in [-0.4, -0.2) is 25.8 Å². The lowest BCUT2D eigenvalue weighted by atomic mass is 9.64. The van der Waals surface area contributed by atoms with Gasteiger partial charge in [-0.15, -0.1) is 0 Å². The molecule has 0 aliphatic heterocycles. The molecule has 2 heteroatoms. The molecule has 1 aliphatic carbocycles. The molecule has 0 saturated heterocycles. The molecule has 84 valence electrons. The largest absolute Gasteiger partial charge is 0.381 e. The first-order chi connectivity index (χ1) is 6.52. The lowest BCUT2D eigenvalue weighted by Gasteiger charge is -2.51. The molecule has 1 N–H and O–H groups in total. The summed E-state index contributed by atoms with van der Waals surface area (Å²) in [6.45, 7) is 10.3. The summed E-state index contributed by atoms with van der Waals surface area (Å²) in [4.78, 5) is 0. The zero-order valence-corrected chi connectivity index (χ0v) is 10.3. The van der Waals surface area contributed by atoms with Crippen LogP contribution in [-0.2, 0) is 4.74 Å². The van der Waals surface area contributed by atoms with Gasteiger partial charge in [-0.2, -0.15) is 0 Å². The molecule has 2 nitrogen and oxygen atoms in total. The maximum absolute atomic E-state index is 5.42. The van der Waals surface area contributed by atoms with Crippen molar-refractivity contribution in [3.63, 3.8) is 0 Å². The van der Waals surface area contributed by atoms with Gasteiger partial charge in [-0.1, -0.05) is 34.1 Å². The van der Waals surface area contributed by atoms with Crippen LogP contribution in [0.25, 0.3) is 0 Å². The molecule has 0 amide bonds. The minimum absolute atomic E-state index is 0.308. The normalized spacial score (nSPS) is 32.4. The number of hydrogen-bond acceptors (Lipinski definition) is 2. The maximum Gasteiger partial charge on any atom is 0.0652 e. The molecule has 1 rings (SSSR count).